The van der Waals surface area contributed by atoms with E-state index in [9.17, 15) is 4.79 Å². The molecule has 0 radical (unpaired) electrons. The van der Waals surface area contributed by atoms with Crippen molar-refractivity contribution in [2.45, 2.75) is 32.4 Å². The average Bonchev–Trinajstić information content (AvgIpc) is 2.56. The molecule has 0 bridgehead atoms. The summed E-state index contributed by atoms with van der Waals surface area (Å²) in [6, 6.07) is 7.88. The minimum absolute atomic E-state index is 0.0259. The van der Waals surface area contributed by atoms with E-state index in [4.69, 9.17) is 17.0 Å². The number of nitrogens with one attached hydrogen (secondary N) is 1. The quantitative estimate of drug-likeness (QED) is 0.727. The molecule has 0 heterocycles. The molecule has 0 spiro atoms. The minimum atomic E-state index is -0.182. The molecule has 1 N–H and O–H groups in total. The Labute approximate surface area is 149 Å². The van der Waals surface area contributed by atoms with Gasteiger partial charge in [-0.3, -0.25) is 4.79 Å². The van der Waals surface area contributed by atoms with Gasteiger partial charge in [-0.05, 0) is 44.9 Å². The molecule has 1 aromatic rings. The third-order valence-corrected chi connectivity index (χ3v) is 5.11. The summed E-state index contributed by atoms with van der Waals surface area (Å²) in [5.74, 6) is 0.866. The SMILES string of the molecule is CCN(CC)C(=S)S[C@@H](C)C(=O)NCCc1ccc(OC)cc1. The van der Waals surface area contributed by atoms with Crippen molar-refractivity contribution in [2.75, 3.05) is 26.7 Å². The van der Waals surface area contributed by atoms with E-state index in [0.29, 0.717) is 6.54 Å². The molecule has 4 nitrogen and oxygen atoms in total. The predicted octanol–water partition coefficient (Wildman–Crippen LogP) is 3.10. The normalized spacial score (nSPS) is 11.7. The Kier molecular flexibility index (Phi) is 9.02. The second-order valence-corrected chi connectivity index (χ2v) is 7.06. The average molecular weight is 355 g/mol. The van der Waals surface area contributed by atoms with E-state index in [1.54, 1.807) is 7.11 Å². The zero-order chi connectivity index (χ0) is 17.2. The van der Waals surface area contributed by atoms with Crippen molar-refractivity contribution < 1.29 is 9.53 Å². The summed E-state index contributed by atoms with van der Waals surface area (Å²) in [7, 11) is 1.65. The van der Waals surface area contributed by atoms with Crippen molar-refractivity contribution in [3.05, 3.63) is 29.8 Å². The molecule has 6 heteroatoms. The number of benzene rings is 1. The molecule has 0 saturated heterocycles. The van der Waals surface area contributed by atoms with Gasteiger partial charge in [-0.2, -0.15) is 0 Å². The van der Waals surface area contributed by atoms with Crippen LogP contribution in [0.25, 0.3) is 0 Å². The lowest BCUT2D eigenvalue weighted by Crippen LogP contribution is -2.35. The van der Waals surface area contributed by atoms with E-state index in [-0.39, 0.29) is 11.2 Å². The topological polar surface area (TPSA) is 41.6 Å². The number of ether oxygens (including phenoxy) is 1. The molecule has 128 valence electrons. The van der Waals surface area contributed by atoms with Crippen molar-refractivity contribution in [2.24, 2.45) is 0 Å². The standard InChI is InChI=1S/C17H26N2O2S2/c1-5-19(6-2)17(22)23-13(3)16(20)18-12-11-14-7-9-15(21-4)10-8-14/h7-10,13H,5-6,11-12H2,1-4H3,(H,18,20)/t13-/m0/s1. The van der Waals surface area contributed by atoms with Gasteiger partial charge in [0, 0.05) is 19.6 Å². The number of methoxy groups -OCH3 is 1. The lowest BCUT2D eigenvalue weighted by molar-refractivity contribution is -0.120. The monoisotopic (exact) mass is 354 g/mol. The Hall–Kier alpha value is -1.27. The van der Waals surface area contributed by atoms with Crippen LogP contribution >= 0.6 is 24.0 Å². The van der Waals surface area contributed by atoms with Crippen LogP contribution in [0, 0.1) is 0 Å². The number of thiocarbonyl (C=S) groups is 1. The Morgan fingerprint density at radius 1 is 1.30 bits per heavy atom. The highest BCUT2D eigenvalue weighted by molar-refractivity contribution is 8.23. The fraction of sp³-hybridized carbons (Fsp3) is 0.529. The molecule has 1 aromatic carbocycles. The summed E-state index contributed by atoms with van der Waals surface area (Å²) < 4.78 is 5.91. The highest BCUT2D eigenvalue weighted by Gasteiger charge is 2.17. The summed E-state index contributed by atoms with van der Waals surface area (Å²) in [6.07, 6.45) is 0.799. The first-order valence-corrected chi connectivity index (χ1v) is 9.16. The molecular formula is C17H26N2O2S2. The van der Waals surface area contributed by atoms with Crippen molar-refractivity contribution in [3.63, 3.8) is 0 Å². The fourth-order valence-corrected chi connectivity index (χ4v) is 3.62. The lowest BCUT2D eigenvalue weighted by Gasteiger charge is -2.22. The van der Waals surface area contributed by atoms with Crippen LogP contribution in [0.5, 0.6) is 5.75 Å². The van der Waals surface area contributed by atoms with E-state index in [1.807, 2.05) is 31.2 Å². The van der Waals surface area contributed by atoms with Crippen molar-refractivity contribution in [1.82, 2.24) is 10.2 Å². The smallest absolute Gasteiger partial charge is 0.233 e. The van der Waals surface area contributed by atoms with Crippen LogP contribution in [-0.4, -0.2) is 47.1 Å². The second kappa shape index (κ2) is 10.5. The molecule has 1 atom stereocenters. The van der Waals surface area contributed by atoms with Gasteiger partial charge in [0.05, 0.1) is 12.4 Å². The first-order valence-electron chi connectivity index (χ1n) is 7.88. The van der Waals surface area contributed by atoms with Crippen LogP contribution in [0.15, 0.2) is 24.3 Å². The molecule has 0 aliphatic heterocycles. The second-order valence-electron chi connectivity index (χ2n) is 5.09. The van der Waals surface area contributed by atoms with Crippen LogP contribution < -0.4 is 10.1 Å². The van der Waals surface area contributed by atoms with Gasteiger partial charge in [0.2, 0.25) is 5.91 Å². The molecular weight excluding hydrogens is 328 g/mol. The number of amides is 1. The summed E-state index contributed by atoms with van der Waals surface area (Å²) >= 11 is 6.82. The molecule has 0 aliphatic carbocycles. The van der Waals surface area contributed by atoms with Crippen LogP contribution in [0.3, 0.4) is 0 Å². The zero-order valence-corrected chi connectivity index (χ0v) is 15.9. The van der Waals surface area contributed by atoms with Crippen LogP contribution in [0.4, 0.5) is 0 Å². The zero-order valence-electron chi connectivity index (χ0n) is 14.3. The third-order valence-electron chi connectivity index (χ3n) is 3.54. The number of rotatable bonds is 8. The van der Waals surface area contributed by atoms with Gasteiger partial charge in [-0.15, -0.1) is 0 Å². The summed E-state index contributed by atoms with van der Waals surface area (Å²) in [5.41, 5.74) is 1.17. The number of nitrogens with zero attached hydrogens (tertiary/aromatic N) is 1. The maximum absolute atomic E-state index is 12.1. The number of thioether (sulfide) groups is 1. The molecule has 0 fully saturated rings. The molecule has 0 saturated carbocycles. The maximum Gasteiger partial charge on any atom is 0.233 e. The summed E-state index contributed by atoms with van der Waals surface area (Å²) in [4.78, 5) is 14.2. The van der Waals surface area contributed by atoms with Gasteiger partial charge < -0.3 is 15.0 Å². The maximum atomic E-state index is 12.1. The Balaban J connectivity index is 2.36. The Morgan fingerprint density at radius 2 is 1.91 bits per heavy atom. The van der Waals surface area contributed by atoms with Gasteiger partial charge in [0.15, 0.2) is 0 Å². The molecule has 1 amide bonds. The van der Waals surface area contributed by atoms with Gasteiger partial charge in [-0.1, -0.05) is 36.1 Å². The van der Waals surface area contributed by atoms with Crippen LogP contribution in [0.1, 0.15) is 26.3 Å². The van der Waals surface area contributed by atoms with Gasteiger partial charge in [-0.25, -0.2) is 0 Å². The number of carbonyl (C=O) groups excluding carboxylic acids is 1. The molecule has 0 aliphatic rings. The van der Waals surface area contributed by atoms with Crippen LogP contribution in [-0.2, 0) is 11.2 Å². The van der Waals surface area contributed by atoms with Crippen molar-refractivity contribution >= 4 is 34.2 Å². The van der Waals surface area contributed by atoms with E-state index in [1.165, 1.54) is 17.3 Å². The highest BCUT2D eigenvalue weighted by atomic mass is 32.2. The lowest BCUT2D eigenvalue weighted by atomic mass is 10.1. The Bertz CT molecular complexity index is 502. The van der Waals surface area contributed by atoms with Crippen molar-refractivity contribution in [3.8, 4) is 5.75 Å². The predicted molar refractivity (Wildman–Crippen MR) is 102 cm³/mol. The van der Waals surface area contributed by atoms with Gasteiger partial charge in [0.25, 0.3) is 0 Å². The first kappa shape index (κ1) is 19.8. The number of carbonyl (C=O) groups is 1. The molecule has 0 aromatic heterocycles. The molecule has 0 unspecified atom stereocenters. The summed E-state index contributed by atoms with van der Waals surface area (Å²) in [5, 5.41) is 2.79. The van der Waals surface area contributed by atoms with E-state index < -0.39 is 0 Å². The van der Waals surface area contributed by atoms with Crippen LogP contribution in [0.2, 0.25) is 0 Å². The van der Waals surface area contributed by atoms with Crippen molar-refractivity contribution in [1.29, 1.82) is 0 Å². The fourth-order valence-electron chi connectivity index (χ4n) is 2.03. The first-order chi connectivity index (χ1) is 11.0. The summed E-state index contributed by atoms with van der Waals surface area (Å²) in [6.45, 7) is 8.38. The number of hydrogen-bond donors (Lipinski definition) is 1. The largest absolute Gasteiger partial charge is 0.497 e. The van der Waals surface area contributed by atoms with Gasteiger partial charge in [0.1, 0.15) is 10.1 Å². The van der Waals surface area contributed by atoms with E-state index in [2.05, 4.69) is 24.1 Å². The van der Waals surface area contributed by atoms with E-state index in [0.717, 1.165) is 29.6 Å². The molecule has 1 rings (SSSR count). The van der Waals surface area contributed by atoms with Gasteiger partial charge >= 0.3 is 0 Å². The highest BCUT2D eigenvalue weighted by Crippen LogP contribution is 2.16. The number of hydrogen-bond acceptors (Lipinski definition) is 4. The Morgan fingerprint density at radius 3 is 2.43 bits per heavy atom. The minimum Gasteiger partial charge on any atom is -0.497 e. The third kappa shape index (κ3) is 6.79. The van der Waals surface area contributed by atoms with E-state index >= 15 is 0 Å². The molecule has 23 heavy (non-hydrogen) atoms.